The summed E-state index contributed by atoms with van der Waals surface area (Å²) in [6, 6.07) is 0.214. The van der Waals surface area contributed by atoms with Crippen LogP contribution in [0.15, 0.2) is 12.2 Å². The largest absolute Gasteiger partial charge is 0.481 e. The first kappa shape index (κ1) is 16.1. The molecule has 0 spiro atoms. The fourth-order valence-electron chi connectivity index (χ4n) is 3.80. The van der Waals surface area contributed by atoms with Gasteiger partial charge >= 0.3 is 5.97 Å². The number of nitrogens with one attached hydrogen (secondary N) is 1. The van der Waals surface area contributed by atoms with Crippen molar-refractivity contribution in [2.45, 2.75) is 58.4 Å². The highest BCUT2D eigenvalue weighted by Gasteiger charge is 2.36. The van der Waals surface area contributed by atoms with Crippen molar-refractivity contribution in [1.82, 2.24) is 5.32 Å². The van der Waals surface area contributed by atoms with E-state index < -0.39 is 17.8 Å². The molecule has 4 atom stereocenters. The minimum absolute atomic E-state index is 0.0655. The van der Waals surface area contributed by atoms with Crippen molar-refractivity contribution >= 4 is 11.9 Å². The smallest absolute Gasteiger partial charge is 0.307 e. The van der Waals surface area contributed by atoms with Crippen LogP contribution >= 0.6 is 0 Å². The van der Waals surface area contributed by atoms with Crippen LogP contribution in [0.2, 0.25) is 0 Å². The molecule has 21 heavy (non-hydrogen) atoms. The van der Waals surface area contributed by atoms with Crippen molar-refractivity contribution in [2.75, 3.05) is 0 Å². The Labute approximate surface area is 127 Å². The maximum atomic E-state index is 12.5. The lowest BCUT2D eigenvalue weighted by Gasteiger charge is -2.36. The molecule has 0 saturated heterocycles. The zero-order chi connectivity index (χ0) is 15.4. The van der Waals surface area contributed by atoms with Crippen molar-refractivity contribution in [3.63, 3.8) is 0 Å². The SMILES string of the molecule is CC(C)C1CCCCC1NC(=O)[C@@H]1CC=CC[C@@H]1C(=O)O. The standard InChI is InChI=1S/C17H27NO3/c1-11(2)12-7-5-6-10-15(12)18-16(19)13-8-3-4-9-14(13)17(20)21/h3-4,11-15H,5-10H2,1-2H3,(H,18,19)(H,20,21)/t12?,13-,14+,15?/m1/s1. The number of allylic oxidation sites excluding steroid dienone is 2. The number of amides is 1. The van der Waals surface area contributed by atoms with E-state index in [-0.39, 0.29) is 11.9 Å². The van der Waals surface area contributed by atoms with Gasteiger partial charge in [-0.05, 0) is 37.5 Å². The molecule has 2 N–H and O–H groups in total. The zero-order valence-corrected chi connectivity index (χ0v) is 13.0. The average Bonchev–Trinajstić information content (AvgIpc) is 2.47. The van der Waals surface area contributed by atoms with Gasteiger partial charge in [0.2, 0.25) is 5.91 Å². The molecule has 0 aromatic carbocycles. The van der Waals surface area contributed by atoms with Crippen molar-refractivity contribution in [1.29, 1.82) is 0 Å². The van der Waals surface area contributed by atoms with Gasteiger partial charge in [-0.25, -0.2) is 0 Å². The molecule has 0 heterocycles. The summed E-state index contributed by atoms with van der Waals surface area (Å²) in [5.74, 6) is -0.839. The fraction of sp³-hybridized carbons (Fsp3) is 0.765. The van der Waals surface area contributed by atoms with Gasteiger partial charge in [0.1, 0.15) is 0 Å². The maximum Gasteiger partial charge on any atom is 0.307 e. The Bertz CT molecular complexity index is 416. The van der Waals surface area contributed by atoms with Gasteiger partial charge < -0.3 is 10.4 Å². The average molecular weight is 293 g/mol. The summed E-state index contributed by atoms with van der Waals surface area (Å²) in [7, 11) is 0. The third kappa shape index (κ3) is 3.86. The molecule has 4 nitrogen and oxygen atoms in total. The third-order valence-electron chi connectivity index (χ3n) is 5.09. The highest BCUT2D eigenvalue weighted by molar-refractivity contribution is 5.85. The first-order chi connectivity index (χ1) is 10.0. The molecular formula is C17H27NO3. The molecule has 1 saturated carbocycles. The van der Waals surface area contributed by atoms with Crippen LogP contribution in [-0.4, -0.2) is 23.0 Å². The van der Waals surface area contributed by atoms with Gasteiger partial charge in [0, 0.05) is 6.04 Å². The quantitative estimate of drug-likeness (QED) is 0.783. The van der Waals surface area contributed by atoms with Crippen LogP contribution in [0.1, 0.15) is 52.4 Å². The predicted octanol–water partition coefficient (Wildman–Crippen LogP) is 2.98. The predicted molar refractivity (Wildman–Crippen MR) is 81.7 cm³/mol. The molecule has 2 rings (SSSR count). The van der Waals surface area contributed by atoms with Crippen molar-refractivity contribution < 1.29 is 14.7 Å². The second-order valence-corrected chi connectivity index (χ2v) is 6.80. The van der Waals surface area contributed by atoms with E-state index in [0.29, 0.717) is 24.7 Å². The van der Waals surface area contributed by atoms with Gasteiger partial charge in [-0.1, -0.05) is 38.8 Å². The van der Waals surface area contributed by atoms with E-state index in [4.69, 9.17) is 0 Å². The van der Waals surface area contributed by atoms with Crippen LogP contribution in [-0.2, 0) is 9.59 Å². The van der Waals surface area contributed by atoms with Crippen molar-refractivity contribution in [3.05, 3.63) is 12.2 Å². The van der Waals surface area contributed by atoms with Crippen LogP contribution in [0.4, 0.5) is 0 Å². The van der Waals surface area contributed by atoms with Crippen molar-refractivity contribution in [2.24, 2.45) is 23.7 Å². The van der Waals surface area contributed by atoms with Crippen molar-refractivity contribution in [3.8, 4) is 0 Å². The Balaban J connectivity index is 2.02. The second-order valence-electron chi connectivity index (χ2n) is 6.80. The number of carbonyl (C=O) groups excluding carboxylic acids is 1. The molecule has 4 heteroatoms. The minimum atomic E-state index is -0.858. The molecule has 1 fully saturated rings. The summed E-state index contributed by atoms with van der Waals surface area (Å²) < 4.78 is 0. The molecule has 1 amide bonds. The Morgan fingerprint density at radius 3 is 2.33 bits per heavy atom. The van der Waals surface area contributed by atoms with E-state index in [1.54, 1.807) is 0 Å². The van der Waals surface area contributed by atoms with Gasteiger partial charge in [0.15, 0.2) is 0 Å². The van der Waals surface area contributed by atoms with E-state index >= 15 is 0 Å². The van der Waals surface area contributed by atoms with Gasteiger partial charge in [-0.3, -0.25) is 9.59 Å². The lowest BCUT2D eigenvalue weighted by atomic mass is 9.77. The molecule has 0 aromatic heterocycles. The molecule has 2 aliphatic carbocycles. The Hall–Kier alpha value is -1.32. The summed E-state index contributed by atoms with van der Waals surface area (Å²) in [5, 5.41) is 12.5. The second kappa shape index (κ2) is 7.10. The number of carbonyl (C=O) groups is 2. The van der Waals surface area contributed by atoms with Crippen LogP contribution in [0.5, 0.6) is 0 Å². The Morgan fingerprint density at radius 2 is 1.71 bits per heavy atom. The molecule has 0 radical (unpaired) electrons. The molecule has 2 aliphatic rings. The molecule has 0 aliphatic heterocycles. The summed E-state index contributed by atoms with van der Waals surface area (Å²) in [6.07, 6.45) is 9.39. The Morgan fingerprint density at radius 1 is 1.10 bits per heavy atom. The van der Waals surface area contributed by atoms with E-state index in [1.807, 2.05) is 12.2 Å². The highest BCUT2D eigenvalue weighted by Crippen LogP contribution is 2.32. The zero-order valence-electron chi connectivity index (χ0n) is 13.0. The van der Waals surface area contributed by atoms with Gasteiger partial charge in [0.25, 0.3) is 0 Å². The number of hydrogen-bond acceptors (Lipinski definition) is 2. The lowest BCUT2D eigenvalue weighted by Crippen LogP contribution is -2.48. The monoisotopic (exact) mass is 293 g/mol. The molecule has 2 unspecified atom stereocenters. The number of hydrogen-bond donors (Lipinski definition) is 2. The number of carboxylic acid groups (broad SMARTS) is 1. The van der Waals surface area contributed by atoms with E-state index in [2.05, 4.69) is 19.2 Å². The van der Waals surface area contributed by atoms with Gasteiger partial charge in [0.05, 0.1) is 11.8 Å². The normalized spacial score (nSPS) is 32.9. The van der Waals surface area contributed by atoms with Crippen LogP contribution in [0.3, 0.4) is 0 Å². The highest BCUT2D eigenvalue weighted by atomic mass is 16.4. The fourth-order valence-corrected chi connectivity index (χ4v) is 3.80. The molecular weight excluding hydrogens is 266 g/mol. The summed E-state index contributed by atoms with van der Waals surface area (Å²) >= 11 is 0. The molecule has 0 aromatic rings. The lowest BCUT2D eigenvalue weighted by molar-refractivity contribution is -0.147. The third-order valence-corrected chi connectivity index (χ3v) is 5.09. The summed E-state index contributed by atoms with van der Waals surface area (Å²) in [6.45, 7) is 4.41. The molecule has 0 bridgehead atoms. The number of rotatable bonds is 4. The van der Waals surface area contributed by atoms with E-state index in [1.165, 1.54) is 6.42 Å². The van der Waals surface area contributed by atoms with E-state index in [9.17, 15) is 14.7 Å². The number of aliphatic carboxylic acids is 1. The topological polar surface area (TPSA) is 66.4 Å². The van der Waals surface area contributed by atoms with Gasteiger partial charge in [-0.15, -0.1) is 0 Å². The first-order valence-electron chi connectivity index (χ1n) is 8.19. The van der Waals surface area contributed by atoms with Crippen LogP contribution in [0, 0.1) is 23.7 Å². The van der Waals surface area contributed by atoms with Crippen LogP contribution < -0.4 is 5.32 Å². The Kier molecular flexibility index (Phi) is 5.43. The van der Waals surface area contributed by atoms with Crippen LogP contribution in [0.25, 0.3) is 0 Å². The van der Waals surface area contributed by atoms with E-state index in [0.717, 1.165) is 19.3 Å². The molecule has 118 valence electrons. The minimum Gasteiger partial charge on any atom is -0.481 e. The first-order valence-corrected chi connectivity index (χ1v) is 8.19. The maximum absolute atomic E-state index is 12.5. The summed E-state index contributed by atoms with van der Waals surface area (Å²) in [5.41, 5.74) is 0. The van der Waals surface area contributed by atoms with Gasteiger partial charge in [-0.2, -0.15) is 0 Å². The number of carboxylic acids is 1. The summed E-state index contributed by atoms with van der Waals surface area (Å²) in [4.78, 5) is 23.9.